The maximum Gasteiger partial charge on any atom is 0.226 e. The van der Waals surface area contributed by atoms with Gasteiger partial charge in [0.1, 0.15) is 18.2 Å². The van der Waals surface area contributed by atoms with Crippen molar-refractivity contribution < 1.29 is 13.9 Å². The predicted molar refractivity (Wildman–Crippen MR) is 111 cm³/mol. The van der Waals surface area contributed by atoms with Gasteiger partial charge in [0.25, 0.3) is 0 Å². The summed E-state index contributed by atoms with van der Waals surface area (Å²) in [5.41, 5.74) is 3.29. The minimum atomic E-state index is -0.298. The lowest BCUT2D eigenvalue weighted by Gasteiger charge is -2.18. The van der Waals surface area contributed by atoms with Gasteiger partial charge in [-0.3, -0.25) is 4.79 Å². The Morgan fingerprint density at radius 3 is 2.45 bits per heavy atom. The van der Waals surface area contributed by atoms with Crippen LogP contribution in [0.2, 0.25) is 5.02 Å². The molecule has 3 aromatic rings. The topological polar surface area (TPSA) is 47.4 Å². The summed E-state index contributed by atoms with van der Waals surface area (Å²) in [6, 6.07) is 13.2. The van der Waals surface area contributed by atoms with Gasteiger partial charge in [-0.05, 0) is 62.4 Å². The van der Waals surface area contributed by atoms with Gasteiger partial charge in [-0.15, -0.1) is 0 Å². The number of amides is 1. The molecule has 2 aromatic carbocycles. The van der Waals surface area contributed by atoms with Crippen LogP contribution in [-0.2, 0) is 11.2 Å². The van der Waals surface area contributed by atoms with E-state index in [-0.39, 0.29) is 18.1 Å². The number of aromatic nitrogens is 2. The van der Waals surface area contributed by atoms with Gasteiger partial charge in [0.05, 0.1) is 24.3 Å². The number of benzene rings is 2. The van der Waals surface area contributed by atoms with Crippen LogP contribution < -0.4 is 4.74 Å². The molecule has 0 saturated carbocycles. The van der Waals surface area contributed by atoms with Crippen molar-refractivity contribution in [1.29, 1.82) is 0 Å². The molecule has 0 radical (unpaired) electrons. The highest BCUT2D eigenvalue weighted by Crippen LogP contribution is 2.19. The highest BCUT2D eigenvalue weighted by Gasteiger charge is 2.18. The maximum atomic E-state index is 13.2. The highest BCUT2D eigenvalue weighted by atomic mass is 35.5. The van der Waals surface area contributed by atoms with Crippen LogP contribution in [0.15, 0.2) is 48.5 Å². The van der Waals surface area contributed by atoms with Gasteiger partial charge >= 0.3 is 0 Å². The molecular weight excluding hydrogens is 393 g/mol. The van der Waals surface area contributed by atoms with Gasteiger partial charge in [-0.25, -0.2) is 9.07 Å². The van der Waals surface area contributed by atoms with Gasteiger partial charge < -0.3 is 9.64 Å². The number of aryl methyl sites for hydroxylation is 1. The number of rotatable bonds is 7. The average molecular weight is 416 g/mol. The van der Waals surface area contributed by atoms with E-state index in [1.165, 1.54) is 12.1 Å². The van der Waals surface area contributed by atoms with E-state index >= 15 is 0 Å². The number of likely N-dealkylation sites (N-methyl/N-ethyl adjacent to an activating group) is 1. The van der Waals surface area contributed by atoms with Crippen LogP contribution >= 0.6 is 11.6 Å². The third-order valence-electron chi connectivity index (χ3n) is 4.78. The molecule has 0 aliphatic rings. The van der Waals surface area contributed by atoms with E-state index in [4.69, 9.17) is 16.3 Å². The first-order chi connectivity index (χ1) is 13.8. The fourth-order valence-corrected chi connectivity index (χ4v) is 3.13. The zero-order chi connectivity index (χ0) is 21.0. The van der Waals surface area contributed by atoms with Gasteiger partial charge in [-0.2, -0.15) is 5.10 Å². The maximum absolute atomic E-state index is 13.2. The number of nitrogens with zero attached hydrogens (tertiary/aromatic N) is 3. The van der Waals surface area contributed by atoms with Crippen molar-refractivity contribution in [2.45, 2.75) is 20.3 Å². The second-order valence-electron chi connectivity index (χ2n) is 6.83. The van der Waals surface area contributed by atoms with Crippen molar-refractivity contribution in [3.05, 3.63) is 76.3 Å². The molecule has 0 N–H and O–H groups in total. The molecule has 7 heteroatoms. The zero-order valence-corrected chi connectivity index (χ0v) is 17.4. The third-order valence-corrected chi connectivity index (χ3v) is 5.03. The quantitative estimate of drug-likeness (QED) is 0.576. The summed E-state index contributed by atoms with van der Waals surface area (Å²) >= 11 is 5.86. The molecule has 5 nitrogen and oxygen atoms in total. The minimum Gasteiger partial charge on any atom is -0.492 e. The standard InChI is InChI=1S/C22H23ClFN3O2/c1-15-21(16(2)27(25-15)19-8-6-18(24)7-9-19)14-22(28)26(3)12-13-29-20-10-4-17(23)5-11-20/h4-11H,12-14H2,1-3H3. The Morgan fingerprint density at radius 1 is 1.14 bits per heavy atom. The van der Waals surface area contributed by atoms with Crippen LogP contribution in [-0.4, -0.2) is 40.8 Å². The van der Waals surface area contributed by atoms with Gasteiger partial charge in [0, 0.05) is 23.3 Å². The van der Waals surface area contributed by atoms with Crippen molar-refractivity contribution in [2.24, 2.45) is 0 Å². The molecule has 3 rings (SSSR count). The number of hydrogen-bond donors (Lipinski definition) is 0. The van der Waals surface area contributed by atoms with Crippen molar-refractivity contribution in [3.8, 4) is 11.4 Å². The molecule has 1 heterocycles. The largest absolute Gasteiger partial charge is 0.492 e. The van der Waals surface area contributed by atoms with Crippen molar-refractivity contribution >= 4 is 17.5 Å². The Balaban J connectivity index is 1.60. The average Bonchev–Trinajstić information content (AvgIpc) is 2.98. The van der Waals surface area contributed by atoms with Crippen molar-refractivity contribution in [3.63, 3.8) is 0 Å². The van der Waals surface area contributed by atoms with Crippen LogP contribution in [0.3, 0.4) is 0 Å². The number of ether oxygens (including phenoxy) is 1. The number of carbonyl (C=O) groups is 1. The van der Waals surface area contributed by atoms with Crippen molar-refractivity contribution in [2.75, 3.05) is 20.2 Å². The first-order valence-electron chi connectivity index (χ1n) is 9.28. The SMILES string of the molecule is Cc1nn(-c2ccc(F)cc2)c(C)c1CC(=O)N(C)CCOc1ccc(Cl)cc1. The fraction of sp³-hybridized carbons (Fsp3) is 0.273. The van der Waals surface area contributed by atoms with E-state index in [9.17, 15) is 9.18 Å². The second-order valence-corrected chi connectivity index (χ2v) is 7.27. The van der Waals surface area contributed by atoms with Crippen LogP contribution in [0.1, 0.15) is 17.0 Å². The number of carbonyl (C=O) groups excluding carboxylic acids is 1. The molecule has 1 aromatic heterocycles. The van der Waals surface area contributed by atoms with E-state index < -0.39 is 0 Å². The zero-order valence-electron chi connectivity index (χ0n) is 16.7. The molecule has 0 saturated heterocycles. The Bertz CT molecular complexity index is 985. The number of hydrogen-bond acceptors (Lipinski definition) is 3. The Morgan fingerprint density at radius 2 is 1.79 bits per heavy atom. The summed E-state index contributed by atoms with van der Waals surface area (Å²) in [6.07, 6.45) is 0.246. The lowest BCUT2D eigenvalue weighted by atomic mass is 10.1. The molecule has 152 valence electrons. The third kappa shape index (κ3) is 5.15. The first-order valence-corrected chi connectivity index (χ1v) is 9.66. The second kappa shape index (κ2) is 9.09. The molecule has 0 aliphatic heterocycles. The Hall–Kier alpha value is -2.86. The van der Waals surface area contributed by atoms with Crippen LogP contribution in [0.4, 0.5) is 4.39 Å². The molecule has 0 unspecified atom stereocenters. The van der Waals surface area contributed by atoms with Gasteiger partial charge in [0.15, 0.2) is 0 Å². The normalized spacial score (nSPS) is 10.8. The van der Waals surface area contributed by atoms with Gasteiger partial charge in [-0.1, -0.05) is 11.6 Å². The Kier molecular flexibility index (Phi) is 6.54. The van der Waals surface area contributed by atoms with E-state index in [2.05, 4.69) is 5.10 Å². The lowest BCUT2D eigenvalue weighted by molar-refractivity contribution is -0.129. The summed E-state index contributed by atoms with van der Waals surface area (Å²) < 4.78 is 20.6. The predicted octanol–water partition coefficient (Wildman–Crippen LogP) is 4.36. The summed E-state index contributed by atoms with van der Waals surface area (Å²) in [4.78, 5) is 14.3. The fourth-order valence-electron chi connectivity index (χ4n) is 3.01. The Labute approximate surface area is 174 Å². The lowest BCUT2D eigenvalue weighted by Crippen LogP contribution is -2.32. The number of halogens is 2. The molecule has 0 bridgehead atoms. The first kappa shape index (κ1) is 20.9. The van der Waals surface area contributed by atoms with Gasteiger partial charge in [0.2, 0.25) is 5.91 Å². The van der Waals surface area contributed by atoms with Crippen molar-refractivity contribution in [1.82, 2.24) is 14.7 Å². The van der Waals surface area contributed by atoms with Crippen LogP contribution in [0.25, 0.3) is 5.69 Å². The molecule has 1 amide bonds. The monoisotopic (exact) mass is 415 g/mol. The van der Waals surface area contributed by atoms with E-state index in [1.807, 2.05) is 13.8 Å². The highest BCUT2D eigenvalue weighted by molar-refractivity contribution is 6.30. The molecule has 29 heavy (non-hydrogen) atoms. The van der Waals surface area contributed by atoms with E-state index in [0.717, 1.165) is 22.6 Å². The molecule has 0 aliphatic carbocycles. The molecular formula is C22H23ClFN3O2. The van der Waals surface area contributed by atoms with Crippen LogP contribution in [0, 0.1) is 19.7 Å². The summed E-state index contributed by atoms with van der Waals surface area (Å²) in [7, 11) is 1.75. The molecule has 0 atom stereocenters. The summed E-state index contributed by atoms with van der Waals surface area (Å²) in [6.45, 7) is 4.64. The van der Waals surface area contributed by atoms with E-state index in [1.54, 1.807) is 53.0 Å². The minimum absolute atomic E-state index is 0.0189. The van der Waals surface area contributed by atoms with E-state index in [0.29, 0.717) is 23.9 Å². The molecule has 0 spiro atoms. The van der Waals surface area contributed by atoms with Crippen LogP contribution in [0.5, 0.6) is 5.75 Å². The summed E-state index contributed by atoms with van der Waals surface area (Å²) in [5, 5.41) is 5.17. The summed E-state index contributed by atoms with van der Waals surface area (Å²) in [5.74, 6) is 0.394. The smallest absolute Gasteiger partial charge is 0.226 e. The molecule has 0 fully saturated rings.